The molecule has 2 unspecified atom stereocenters. The number of rotatable bonds is 5. The van der Waals surface area contributed by atoms with Crippen molar-refractivity contribution in [3.05, 3.63) is 107 Å². The molecule has 0 saturated heterocycles. The van der Waals surface area contributed by atoms with Crippen LogP contribution < -0.4 is 0 Å². The Kier molecular flexibility index (Phi) is 5.15. The summed E-state index contributed by atoms with van der Waals surface area (Å²) in [6.07, 6.45) is 1.12. The fourth-order valence-electron chi connectivity index (χ4n) is 3.40. The maximum atomic E-state index is 2.37. The van der Waals surface area contributed by atoms with Gasteiger partial charge in [-0.15, -0.1) is 0 Å². The van der Waals surface area contributed by atoms with Crippen LogP contribution >= 0.6 is 0 Å². The van der Waals surface area contributed by atoms with Crippen LogP contribution in [0.1, 0.15) is 53.0 Å². The molecule has 0 fully saturated rings. The van der Waals surface area contributed by atoms with Gasteiger partial charge in [0.1, 0.15) is 0 Å². The van der Waals surface area contributed by atoms with Gasteiger partial charge in [0.15, 0.2) is 0 Å². The van der Waals surface area contributed by atoms with Crippen molar-refractivity contribution in [1.29, 1.82) is 0 Å². The first-order valence-corrected chi connectivity index (χ1v) is 8.82. The van der Waals surface area contributed by atoms with Crippen LogP contribution in [0.25, 0.3) is 0 Å². The molecule has 0 bridgehead atoms. The predicted octanol–water partition coefficient (Wildman–Crippen LogP) is 6.63. The van der Waals surface area contributed by atoms with Crippen LogP contribution in [0.2, 0.25) is 0 Å². The molecular weight excluding hydrogens is 288 g/mol. The standard InChI is InChI=1S/C24H26/c1-18-14-15-23(16-19(18)2)24(22-12-8-5-9-13-22)17-20(3)21-10-6-4-7-11-21/h4-16,20,24H,17H2,1-3H3. The van der Waals surface area contributed by atoms with E-state index in [2.05, 4.69) is 99.6 Å². The van der Waals surface area contributed by atoms with E-state index in [1.54, 1.807) is 0 Å². The van der Waals surface area contributed by atoms with E-state index in [0.717, 1.165) is 6.42 Å². The highest BCUT2D eigenvalue weighted by Crippen LogP contribution is 2.35. The Bertz CT molecular complexity index is 772. The van der Waals surface area contributed by atoms with Gasteiger partial charge in [0.05, 0.1) is 0 Å². The number of hydrogen-bond acceptors (Lipinski definition) is 0. The Morgan fingerprint density at radius 2 is 1.21 bits per heavy atom. The highest BCUT2D eigenvalue weighted by atomic mass is 14.2. The van der Waals surface area contributed by atoms with Crippen molar-refractivity contribution in [3.63, 3.8) is 0 Å². The molecule has 3 rings (SSSR count). The van der Waals surface area contributed by atoms with Gasteiger partial charge in [-0.1, -0.05) is 85.8 Å². The van der Waals surface area contributed by atoms with Gasteiger partial charge in [-0.2, -0.15) is 0 Å². The quantitative estimate of drug-likeness (QED) is 0.496. The molecular formula is C24H26. The van der Waals surface area contributed by atoms with E-state index >= 15 is 0 Å². The fraction of sp³-hybridized carbons (Fsp3) is 0.250. The van der Waals surface area contributed by atoms with Crippen molar-refractivity contribution in [1.82, 2.24) is 0 Å². The van der Waals surface area contributed by atoms with Gasteiger partial charge < -0.3 is 0 Å². The third-order valence-corrected chi connectivity index (χ3v) is 5.09. The minimum atomic E-state index is 0.431. The second-order valence-electron chi connectivity index (χ2n) is 6.85. The summed E-state index contributed by atoms with van der Waals surface area (Å²) in [5.41, 5.74) is 6.99. The van der Waals surface area contributed by atoms with E-state index in [0.29, 0.717) is 11.8 Å². The lowest BCUT2D eigenvalue weighted by Gasteiger charge is -2.23. The monoisotopic (exact) mass is 314 g/mol. The lowest BCUT2D eigenvalue weighted by molar-refractivity contribution is 0.616. The van der Waals surface area contributed by atoms with Gasteiger partial charge in [-0.3, -0.25) is 0 Å². The molecule has 0 amide bonds. The van der Waals surface area contributed by atoms with Crippen LogP contribution in [-0.4, -0.2) is 0 Å². The third kappa shape index (κ3) is 3.76. The summed E-state index contributed by atoms with van der Waals surface area (Å²) >= 11 is 0. The molecule has 3 aromatic rings. The van der Waals surface area contributed by atoms with Crippen molar-refractivity contribution < 1.29 is 0 Å². The zero-order chi connectivity index (χ0) is 16.9. The average molecular weight is 314 g/mol. The molecule has 0 heteroatoms. The van der Waals surface area contributed by atoms with Gasteiger partial charge in [-0.25, -0.2) is 0 Å². The smallest absolute Gasteiger partial charge is 0.00951 e. The summed E-state index contributed by atoms with van der Waals surface area (Å²) in [7, 11) is 0. The Morgan fingerprint density at radius 3 is 1.79 bits per heavy atom. The van der Waals surface area contributed by atoms with Gasteiger partial charge in [-0.05, 0) is 54.0 Å². The molecule has 122 valence electrons. The van der Waals surface area contributed by atoms with Crippen LogP contribution in [0, 0.1) is 13.8 Å². The number of aryl methyl sites for hydroxylation is 2. The Balaban J connectivity index is 1.95. The molecule has 0 heterocycles. The van der Waals surface area contributed by atoms with Gasteiger partial charge >= 0.3 is 0 Å². The molecule has 0 aromatic heterocycles. The molecule has 0 spiro atoms. The summed E-state index contributed by atoms with van der Waals surface area (Å²) < 4.78 is 0. The van der Waals surface area contributed by atoms with Gasteiger partial charge in [0.2, 0.25) is 0 Å². The summed E-state index contributed by atoms with van der Waals surface area (Å²) in [6.45, 7) is 6.73. The Morgan fingerprint density at radius 1 is 0.625 bits per heavy atom. The molecule has 0 nitrogen and oxygen atoms in total. The third-order valence-electron chi connectivity index (χ3n) is 5.09. The first kappa shape index (κ1) is 16.5. The van der Waals surface area contributed by atoms with E-state index in [4.69, 9.17) is 0 Å². The molecule has 2 atom stereocenters. The topological polar surface area (TPSA) is 0 Å². The molecule has 3 aromatic carbocycles. The Labute approximate surface area is 146 Å². The zero-order valence-corrected chi connectivity index (χ0v) is 14.9. The summed E-state index contributed by atoms with van der Waals surface area (Å²) in [5.74, 6) is 0.957. The normalized spacial score (nSPS) is 13.5. The van der Waals surface area contributed by atoms with Crippen molar-refractivity contribution >= 4 is 0 Å². The van der Waals surface area contributed by atoms with E-state index < -0.39 is 0 Å². The minimum absolute atomic E-state index is 0.431. The van der Waals surface area contributed by atoms with Crippen LogP contribution in [0.5, 0.6) is 0 Å². The highest BCUT2D eigenvalue weighted by molar-refractivity contribution is 5.38. The first-order valence-electron chi connectivity index (χ1n) is 8.82. The fourth-order valence-corrected chi connectivity index (χ4v) is 3.40. The van der Waals surface area contributed by atoms with Crippen LogP contribution in [0.3, 0.4) is 0 Å². The van der Waals surface area contributed by atoms with Gasteiger partial charge in [0.25, 0.3) is 0 Å². The molecule has 0 saturated carbocycles. The molecule has 0 N–H and O–H groups in total. The van der Waals surface area contributed by atoms with E-state index in [-0.39, 0.29) is 0 Å². The van der Waals surface area contributed by atoms with Crippen LogP contribution in [0.15, 0.2) is 78.9 Å². The second-order valence-corrected chi connectivity index (χ2v) is 6.85. The maximum absolute atomic E-state index is 2.37. The second kappa shape index (κ2) is 7.49. The Hall–Kier alpha value is -2.34. The summed E-state index contributed by atoms with van der Waals surface area (Å²) in [6, 6.07) is 28.7. The summed E-state index contributed by atoms with van der Waals surface area (Å²) in [5, 5.41) is 0. The molecule has 0 radical (unpaired) electrons. The molecule has 0 aliphatic rings. The van der Waals surface area contributed by atoms with E-state index in [9.17, 15) is 0 Å². The maximum Gasteiger partial charge on any atom is 0.00951 e. The largest absolute Gasteiger partial charge is 0.0622 e. The van der Waals surface area contributed by atoms with Crippen LogP contribution in [-0.2, 0) is 0 Å². The van der Waals surface area contributed by atoms with Crippen molar-refractivity contribution in [3.8, 4) is 0 Å². The highest BCUT2D eigenvalue weighted by Gasteiger charge is 2.19. The lowest BCUT2D eigenvalue weighted by atomic mass is 9.81. The van der Waals surface area contributed by atoms with Crippen LogP contribution in [0.4, 0.5) is 0 Å². The van der Waals surface area contributed by atoms with Crippen molar-refractivity contribution in [2.45, 2.75) is 39.0 Å². The predicted molar refractivity (Wildman–Crippen MR) is 104 cm³/mol. The van der Waals surface area contributed by atoms with Gasteiger partial charge in [0, 0.05) is 5.92 Å². The molecule has 0 aliphatic carbocycles. The molecule has 24 heavy (non-hydrogen) atoms. The number of hydrogen-bond donors (Lipinski definition) is 0. The average Bonchev–Trinajstić information content (AvgIpc) is 2.63. The molecule has 0 aliphatic heterocycles. The van der Waals surface area contributed by atoms with E-state index in [1.807, 2.05) is 0 Å². The van der Waals surface area contributed by atoms with Crippen molar-refractivity contribution in [2.75, 3.05) is 0 Å². The first-order chi connectivity index (χ1) is 11.6. The summed E-state index contributed by atoms with van der Waals surface area (Å²) in [4.78, 5) is 0. The lowest BCUT2D eigenvalue weighted by Crippen LogP contribution is -2.07. The van der Waals surface area contributed by atoms with E-state index in [1.165, 1.54) is 27.8 Å². The number of benzene rings is 3. The van der Waals surface area contributed by atoms with Crippen molar-refractivity contribution in [2.24, 2.45) is 0 Å². The zero-order valence-electron chi connectivity index (χ0n) is 14.9. The minimum Gasteiger partial charge on any atom is -0.0622 e. The SMILES string of the molecule is Cc1ccc(C(CC(C)c2ccccc2)c2ccccc2)cc1C.